The lowest BCUT2D eigenvalue weighted by atomic mass is 9.95. The number of aryl methyl sites for hydroxylation is 1. The van der Waals surface area contributed by atoms with Gasteiger partial charge < -0.3 is 14.8 Å². The molecule has 1 aromatic carbocycles. The van der Waals surface area contributed by atoms with Crippen LogP contribution in [0.4, 0.5) is 5.00 Å². The van der Waals surface area contributed by atoms with Gasteiger partial charge in [0, 0.05) is 4.88 Å². The summed E-state index contributed by atoms with van der Waals surface area (Å²) in [6.07, 6.45) is 5.25. The van der Waals surface area contributed by atoms with Crippen LogP contribution in [-0.4, -0.2) is 25.6 Å². The van der Waals surface area contributed by atoms with Crippen LogP contribution in [0.1, 0.15) is 46.1 Å². The third-order valence-electron chi connectivity index (χ3n) is 4.67. The van der Waals surface area contributed by atoms with Crippen LogP contribution in [0.2, 0.25) is 0 Å². The largest absolute Gasteiger partial charge is 0.497 e. The second-order valence-electron chi connectivity index (χ2n) is 6.53. The fraction of sp³-hybridized carbons (Fsp3) is 0.318. The molecule has 0 radical (unpaired) electrons. The zero-order valence-electron chi connectivity index (χ0n) is 16.4. The topological polar surface area (TPSA) is 88.4 Å². The summed E-state index contributed by atoms with van der Waals surface area (Å²) in [5.41, 5.74) is 2.05. The summed E-state index contributed by atoms with van der Waals surface area (Å²) in [7, 11) is 1.57. The molecule has 150 valence electrons. The van der Waals surface area contributed by atoms with E-state index in [0.29, 0.717) is 21.9 Å². The van der Waals surface area contributed by atoms with Gasteiger partial charge in [0.2, 0.25) is 0 Å². The van der Waals surface area contributed by atoms with Crippen LogP contribution >= 0.6 is 11.3 Å². The maximum atomic E-state index is 12.7. The highest BCUT2D eigenvalue weighted by molar-refractivity contribution is 7.17. The fourth-order valence-corrected chi connectivity index (χ4v) is 4.53. The molecular formula is C22H22N2O4S. The number of nitrogens with zero attached hydrogens (tertiary/aromatic N) is 1. The van der Waals surface area contributed by atoms with E-state index in [-0.39, 0.29) is 12.2 Å². The van der Waals surface area contributed by atoms with E-state index in [9.17, 15) is 14.9 Å². The average molecular weight is 410 g/mol. The molecule has 3 rings (SSSR count). The van der Waals surface area contributed by atoms with Crippen LogP contribution in [0.3, 0.4) is 0 Å². The molecule has 1 aromatic heterocycles. The molecule has 0 saturated carbocycles. The number of carbonyl (C=O) groups is 2. The molecule has 1 aliphatic rings. The standard InChI is InChI=1S/C22H22N2O4S/c1-3-28-22(26)19-17-6-4-5-7-18(17)29-21(19)24-20(25)15(13-23)12-14-8-10-16(27-2)11-9-14/h8-12H,3-7H2,1-2H3,(H,24,25)/b15-12+. The Hall–Kier alpha value is -3.11. The molecule has 1 N–H and O–H groups in total. The number of hydrogen-bond acceptors (Lipinski definition) is 6. The van der Waals surface area contributed by atoms with Crippen molar-refractivity contribution < 1.29 is 19.1 Å². The minimum atomic E-state index is -0.549. The normalized spacial score (nSPS) is 13.2. The Labute approximate surface area is 173 Å². The summed E-state index contributed by atoms with van der Waals surface area (Å²) in [4.78, 5) is 26.4. The molecule has 1 heterocycles. The number of hydrogen-bond donors (Lipinski definition) is 1. The van der Waals surface area contributed by atoms with Crippen LogP contribution < -0.4 is 10.1 Å². The molecule has 0 unspecified atom stereocenters. The summed E-state index contributed by atoms with van der Waals surface area (Å²) in [5, 5.41) is 12.7. The van der Waals surface area contributed by atoms with Crippen LogP contribution in [-0.2, 0) is 22.4 Å². The van der Waals surface area contributed by atoms with E-state index in [2.05, 4.69) is 5.32 Å². The summed E-state index contributed by atoms with van der Waals surface area (Å²) in [5.74, 6) is -0.291. The maximum absolute atomic E-state index is 12.7. The van der Waals surface area contributed by atoms with Crippen molar-refractivity contribution in [2.45, 2.75) is 32.6 Å². The van der Waals surface area contributed by atoms with Gasteiger partial charge in [0.05, 0.1) is 19.3 Å². The Morgan fingerprint density at radius 3 is 2.62 bits per heavy atom. The molecule has 7 heteroatoms. The van der Waals surface area contributed by atoms with Crippen molar-refractivity contribution in [1.82, 2.24) is 0 Å². The van der Waals surface area contributed by atoms with Crippen LogP contribution in [0.15, 0.2) is 29.8 Å². The molecule has 29 heavy (non-hydrogen) atoms. The van der Waals surface area contributed by atoms with Crippen molar-refractivity contribution in [3.63, 3.8) is 0 Å². The van der Waals surface area contributed by atoms with Gasteiger partial charge in [-0.3, -0.25) is 4.79 Å². The van der Waals surface area contributed by atoms with Crippen LogP contribution in [0.5, 0.6) is 5.75 Å². The zero-order chi connectivity index (χ0) is 20.8. The lowest BCUT2D eigenvalue weighted by Crippen LogP contribution is -2.16. The number of esters is 1. The number of thiophene rings is 1. The third kappa shape index (κ3) is 4.66. The number of amides is 1. The first-order chi connectivity index (χ1) is 14.1. The van der Waals surface area contributed by atoms with E-state index in [1.807, 2.05) is 6.07 Å². The Morgan fingerprint density at radius 1 is 1.24 bits per heavy atom. The number of nitrogens with one attached hydrogen (secondary N) is 1. The number of fused-ring (bicyclic) bond motifs is 1. The van der Waals surface area contributed by atoms with Crippen LogP contribution in [0, 0.1) is 11.3 Å². The minimum absolute atomic E-state index is 0.0450. The number of rotatable bonds is 6. The van der Waals surface area contributed by atoms with E-state index in [0.717, 1.165) is 36.1 Å². The van der Waals surface area contributed by atoms with Gasteiger partial charge in [-0.2, -0.15) is 5.26 Å². The van der Waals surface area contributed by atoms with Gasteiger partial charge in [-0.05, 0) is 61.9 Å². The summed E-state index contributed by atoms with van der Waals surface area (Å²) in [6, 6.07) is 8.97. The summed E-state index contributed by atoms with van der Waals surface area (Å²) in [6.45, 7) is 2.01. The average Bonchev–Trinajstić information content (AvgIpc) is 3.10. The van der Waals surface area contributed by atoms with Gasteiger partial charge in [0.15, 0.2) is 0 Å². The Kier molecular flexibility index (Phi) is 6.68. The number of nitriles is 1. The quantitative estimate of drug-likeness (QED) is 0.434. The second-order valence-corrected chi connectivity index (χ2v) is 7.64. The second kappa shape index (κ2) is 9.39. The maximum Gasteiger partial charge on any atom is 0.341 e. The van der Waals surface area contributed by atoms with Crippen LogP contribution in [0.25, 0.3) is 6.08 Å². The molecule has 1 aliphatic carbocycles. The van der Waals surface area contributed by atoms with E-state index in [1.165, 1.54) is 17.4 Å². The summed E-state index contributed by atoms with van der Waals surface area (Å²) < 4.78 is 10.3. The Morgan fingerprint density at radius 2 is 1.97 bits per heavy atom. The first kappa shape index (κ1) is 20.6. The number of anilines is 1. The molecule has 0 fully saturated rings. The van der Waals surface area contributed by atoms with E-state index in [4.69, 9.17) is 9.47 Å². The lowest BCUT2D eigenvalue weighted by Gasteiger charge is -2.12. The molecule has 0 bridgehead atoms. The van der Waals surface area contributed by atoms with Gasteiger partial charge in [-0.1, -0.05) is 12.1 Å². The van der Waals surface area contributed by atoms with E-state index < -0.39 is 11.9 Å². The van der Waals surface area contributed by atoms with Gasteiger partial charge >= 0.3 is 5.97 Å². The number of ether oxygens (including phenoxy) is 2. The summed E-state index contributed by atoms with van der Waals surface area (Å²) >= 11 is 1.40. The molecule has 6 nitrogen and oxygen atoms in total. The first-order valence-electron chi connectivity index (χ1n) is 9.46. The minimum Gasteiger partial charge on any atom is -0.497 e. The highest BCUT2D eigenvalue weighted by Crippen LogP contribution is 2.38. The lowest BCUT2D eigenvalue weighted by molar-refractivity contribution is -0.112. The molecular weight excluding hydrogens is 388 g/mol. The molecule has 0 spiro atoms. The van der Waals surface area contributed by atoms with Gasteiger partial charge in [-0.25, -0.2) is 4.79 Å². The van der Waals surface area contributed by atoms with Crippen molar-refractivity contribution in [2.24, 2.45) is 0 Å². The molecule has 0 saturated heterocycles. The first-order valence-corrected chi connectivity index (χ1v) is 10.3. The van der Waals surface area contributed by atoms with E-state index in [1.54, 1.807) is 38.3 Å². The highest BCUT2D eigenvalue weighted by atomic mass is 32.1. The molecule has 0 aliphatic heterocycles. The Bertz CT molecular complexity index is 983. The molecule has 0 atom stereocenters. The van der Waals surface area contributed by atoms with Crippen molar-refractivity contribution >= 4 is 34.3 Å². The van der Waals surface area contributed by atoms with Crippen molar-refractivity contribution in [2.75, 3.05) is 19.0 Å². The predicted octanol–water partition coefficient (Wildman–Crippen LogP) is 4.36. The monoisotopic (exact) mass is 410 g/mol. The molecule has 2 aromatic rings. The number of carbonyl (C=O) groups excluding carboxylic acids is 2. The SMILES string of the molecule is CCOC(=O)c1c(NC(=O)/C(C#N)=C/c2ccc(OC)cc2)sc2c1CCCC2. The van der Waals surface area contributed by atoms with Crippen molar-refractivity contribution in [3.05, 3.63) is 51.4 Å². The zero-order valence-corrected chi connectivity index (χ0v) is 17.2. The number of methoxy groups -OCH3 is 1. The predicted molar refractivity (Wildman–Crippen MR) is 112 cm³/mol. The van der Waals surface area contributed by atoms with Gasteiger partial charge in [0.25, 0.3) is 5.91 Å². The van der Waals surface area contributed by atoms with Gasteiger partial charge in [0.1, 0.15) is 22.4 Å². The molecule has 1 amide bonds. The van der Waals surface area contributed by atoms with Crippen molar-refractivity contribution in [1.29, 1.82) is 5.26 Å². The third-order valence-corrected chi connectivity index (χ3v) is 5.88. The number of benzene rings is 1. The Balaban J connectivity index is 1.88. The highest BCUT2D eigenvalue weighted by Gasteiger charge is 2.27. The van der Waals surface area contributed by atoms with Gasteiger partial charge in [-0.15, -0.1) is 11.3 Å². The van der Waals surface area contributed by atoms with Crippen molar-refractivity contribution in [3.8, 4) is 11.8 Å². The fourth-order valence-electron chi connectivity index (χ4n) is 3.26. The smallest absolute Gasteiger partial charge is 0.341 e. The van der Waals surface area contributed by atoms with E-state index >= 15 is 0 Å².